The lowest BCUT2D eigenvalue weighted by molar-refractivity contribution is 0.483. The average Bonchev–Trinajstić information content (AvgIpc) is 2.24. The van der Waals surface area contributed by atoms with Gasteiger partial charge in [0.05, 0.1) is 44.5 Å². The maximum absolute atomic E-state index is 7.33. The van der Waals surface area contributed by atoms with Crippen molar-refractivity contribution in [3.63, 3.8) is 0 Å². The molecule has 0 radical (unpaired) electrons. The van der Waals surface area contributed by atoms with E-state index in [1.807, 2.05) is 6.07 Å². The average molecular weight is 1080 g/mol. The summed E-state index contributed by atoms with van der Waals surface area (Å²) >= 11 is 0. The zero-order valence-electron chi connectivity index (χ0n) is 48.5. The van der Waals surface area contributed by atoms with E-state index < -0.39 is 0 Å². The number of aryl methyl sites for hydroxylation is 1. The van der Waals surface area contributed by atoms with Gasteiger partial charge in [0.1, 0.15) is 34.3 Å². The predicted octanol–water partition coefficient (Wildman–Crippen LogP) is 21.2. The summed E-state index contributed by atoms with van der Waals surface area (Å²) in [5, 5.41) is 5.17. The van der Waals surface area contributed by atoms with Gasteiger partial charge in [-0.25, -0.2) is 9.97 Å². The Kier molecular flexibility index (Phi) is 12.7. The molecule has 14 rings (SSSR count). The normalized spacial score (nSPS) is 12.1. The summed E-state index contributed by atoms with van der Waals surface area (Å²) in [5.41, 5.74) is 21.1. The molecule has 0 saturated heterocycles. The van der Waals surface area contributed by atoms with Crippen molar-refractivity contribution in [2.45, 2.75) is 86.0 Å². The van der Waals surface area contributed by atoms with Crippen LogP contribution < -0.4 is 4.74 Å². The summed E-state index contributed by atoms with van der Waals surface area (Å²) in [7, 11) is 0. The Hall–Kier alpha value is -9.59. The zero-order chi connectivity index (χ0) is 56.8. The van der Waals surface area contributed by atoms with Crippen molar-refractivity contribution in [1.29, 1.82) is 0 Å². The Morgan fingerprint density at radius 1 is 0.373 bits per heavy atom. The summed E-state index contributed by atoms with van der Waals surface area (Å²) in [6.07, 6.45) is 0. The second-order valence-electron chi connectivity index (χ2n) is 23.5. The Labute approximate surface area is 484 Å². The number of aromatic nitrogens is 5. The maximum Gasteiger partial charge on any atom is 0.149 e. The summed E-state index contributed by atoms with van der Waals surface area (Å²) in [5.74, 6) is 3.75. The molecule has 0 amide bonds. The second-order valence-corrected chi connectivity index (χ2v) is 23.5. The van der Waals surface area contributed by atoms with Crippen LogP contribution in [0.4, 0.5) is 0 Å². The molecule has 83 heavy (non-hydrogen) atoms. The number of para-hydroxylation sites is 4. The summed E-state index contributed by atoms with van der Waals surface area (Å²) in [4.78, 5) is 16.3. The van der Waals surface area contributed by atoms with E-state index in [-0.39, 0.29) is 23.7 Å². The van der Waals surface area contributed by atoms with Gasteiger partial charge in [-0.1, -0.05) is 177 Å². The molecule has 0 spiro atoms. The third-order valence-corrected chi connectivity index (χ3v) is 16.7. The Bertz CT molecular complexity index is 4790. The van der Waals surface area contributed by atoms with Crippen LogP contribution in [-0.4, -0.2) is 24.1 Å². The topological polar surface area (TPSA) is 70.9 Å². The fraction of sp³-hybridized carbons (Fsp3) is 0.171. The van der Waals surface area contributed by atoms with Crippen LogP contribution in [0.25, 0.3) is 122 Å². The first-order chi connectivity index (χ1) is 40.4. The molecule has 7 heteroatoms. The van der Waals surface area contributed by atoms with E-state index in [9.17, 15) is 0 Å². The molecule has 0 aliphatic carbocycles. The van der Waals surface area contributed by atoms with Gasteiger partial charge in [-0.2, -0.15) is 0 Å². The number of imidazole rings is 2. The maximum atomic E-state index is 7.33. The van der Waals surface area contributed by atoms with Crippen LogP contribution in [-0.2, 0) is 0 Å². The minimum atomic E-state index is 0.180. The molecule has 406 valence electrons. The highest BCUT2D eigenvalue weighted by Crippen LogP contribution is 2.48. The minimum absolute atomic E-state index is 0.180. The van der Waals surface area contributed by atoms with Crippen molar-refractivity contribution in [2.24, 2.45) is 0 Å². The number of fused-ring (bicyclic) bond motifs is 9. The van der Waals surface area contributed by atoms with Gasteiger partial charge in [0.2, 0.25) is 0 Å². The lowest BCUT2D eigenvalue weighted by Crippen LogP contribution is -2.09. The molecule has 10 aromatic carbocycles. The molecular formula is C76H65N5O2. The lowest BCUT2D eigenvalue weighted by atomic mass is 9.88. The van der Waals surface area contributed by atoms with E-state index in [0.29, 0.717) is 11.5 Å². The van der Waals surface area contributed by atoms with Crippen molar-refractivity contribution >= 4 is 65.7 Å². The first-order valence-electron chi connectivity index (χ1n) is 29.3. The molecule has 0 fully saturated rings. The molecule has 0 saturated carbocycles. The van der Waals surface area contributed by atoms with E-state index in [1.54, 1.807) is 0 Å². The van der Waals surface area contributed by atoms with Crippen molar-refractivity contribution in [1.82, 2.24) is 24.1 Å². The highest BCUT2D eigenvalue weighted by Gasteiger charge is 2.29. The van der Waals surface area contributed by atoms with Gasteiger partial charge < -0.3 is 9.15 Å². The van der Waals surface area contributed by atoms with E-state index in [2.05, 4.69) is 272 Å². The van der Waals surface area contributed by atoms with Crippen molar-refractivity contribution < 1.29 is 9.15 Å². The van der Waals surface area contributed by atoms with Gasteiger partial charge in [0.25, 0.3) is 0 Å². The number of hydrogen-bond donors (Lipinski definition) is 0. The Morgan fingerprint density at radius 2 is 0.867 bits per heavy atom. The van der Waals surface area contributed by atoms with Crippen LogP contribution in [0, 0.1) is 6.92 Å². The van der Waals surface area contributed by atoms with Gasteiger partial charge in [0.15, 0.2) is 0 Å². The van der Waals surface area contributed by atoms with Crippen LogP contribution in [0.2, 0.25) is 0 Å². The van der Waals surface area contributed by atoms with Gasteiger partial charge in [-0.05, 0) is 165 Å². The first kappa shape index (κ1) is 51.5. The molecule has 4 aromatic heterocycles. The number of ether oxygens (including phenoxy) is 1. The standard InChI is InChI=1S/C76H65N5O2/c1-44(2)58-38-52(49-23-12-10-13-24-49)39-59(45(3)4)72(58)80-67-33-20-18-31-64(67)78-75(80)51-27-22-28-54(37-51)82-55-42-62-71-69(36-35-66-70(71)57-30-17-16-29-56(57)48(9)77-66)83-74(62)63(43-55)76-79-65-32-19-21-34-68(65)81(76)73-60(46(5)6)40-53(41-61(73)47(7)8)50-25-14-11-15-26-50/h10-47H,1-9H3. The quantitative estimate of drug-likeness (QED) is 0.114. The third-order valence-electron chi connectivity index (χ3n) is 16.7. The van der Waals surface area contributed by atoms with Crippen LogP contribution >= 0.6 is 0 Å². The van der Waals surface area contributed by atoms with Crippen molar-refractivity contribution in [2.75, 3.05) is 0 Å². The highest BCUT2D eigenvalue weighted by molar-refractivity contribution is 6.27. The third kappa shape index (κ3) is 8.76. The van der Waals surface area contributed by atoms with Crippen molar-refractivity contribution in [3.8, 4) is 67.9 Å². The summed E-state index contributed by atoms with van der Waals surface area (Å²) < 4.78 is 19.4. The fourth-order valence-electron chi connectivity index (χ4n) is 12.7. The minimum Gasteiger partial charge on any atom is -0.457 e. The molecule has 0 bridgehead atoms. The molecule has 14 aromatic rings. The summed E-state index contributed by atoms with van der Waals surface area (Å²) in [6.45, 7) is 20.5. The van der Waals surface area contributed by atoms with Crippen LogP contribution in [0.1, 0.15) is 107 Å². The van der Waals surface area contributed by atoms with Crippen LogP contribution in [0.5, 0.6) is 11.5 Å². The molecule has 7 nitrogen and oxygen atoms in total. The molecule has 0 N–H and O–H groups in total. The largest absolute Gasteiger partial charge is 0.457 e. The molecule has 0 atom stereocenters. The van der Waals surface area contributed by atoms with Crippen LogP contribution in [0.15, 0.2) is 211 Å². The SMILES string of the molecule is Cc1nc2ccc3oc4c(-c5nc6ccccc6n5-c5c(C(C)C)cc(-c6ccccc6)cc5C(C)C)cc(Oc5cccc(-c6nc7ccccc7n6-c6c(C(C)C)cc(-c7ccccc7)cc6C(C)C)c5)cc4c3c2c2ccccc12. The van der Waals surface area contributed by atoms with E-state index in [4.69, 9.17) is 24.1 Å². The van der Waals surface area contributed by atoms with Crippen LogP contribution in [0.3, 0.4) is 0 Å². The van der Waals surface area contributed by atoms with Crippen molar-refractivity contribution in [3.05, 3.63) is 234 Å². The number of furan rings is 1. The highest BCUT2D eigenvalue weighted by atomic mass is 16.5. The Morgan fingerprint density at radius 3 is 1.43 bits per heavy atom. The monoisotopic (exact) mass is 1080 g/mol. The molecule has 4 heterocycles. The molecule has 0 aliphatic rings. The number of rotatable bonds is 12. The molecule has 0 unspecified atom stereocenters. The Balaban J connectivity index is 1.01. The van der Waals surface area contributed by atoms with E-state index in [1.165, 1.54) is 50.2 Å². The fourth-order valence-corrected chi connectivity index (χ4v) is 12.7. The molecular weight excluding hydrogens is 1010 g/mol. The van der Waals surface area contributed by atoms with E-state index in [0.717, 1.165) is 99.8 Å². The number of benzene rings is 10. The van der Waals surface area contributed by atoms with Gasteiger partial charge in [0, 0.05) is 32.8 Å². The smallest absolute Gasteiger partial charge is 0.149 e. The first-order valence-corrected chi connectivity index (χ1v) is 29.3. The predicted molar refractivity (Wildman–Crippen MR) is 345 cm³/mol. The van der Waals surface area contributed by atoms with E-state index >= 15 is 0 Å². The number of nitrogens with zero attached hydrogens (tertiary/aromatic N) is 5. The number of pyridine rings is 1. The summed E-state index contributed by atoms with van der Waals surface area (Å²) in [6, 6.07) is 73.5. The van der Waals surface area contributed by atoms with Gasteiger partial charge in [-0.15, -0.1) is 0 Å². The zero-order valence-corrected chi connectivity index (χ0v) is 48.5. The second kappa shape index (κ2) is 20.4. The number of hydrogen-bond acceptors (Lipinski definition) is 5. The lowest BCUT2D eigenvalue weighted by Gasteiger charge is -2.24. The van der Waals surface area contributed by atoms with Gasteiger partial charge >= 0.3 is 0 Å². The van der Waals surface area contributed by atoms with Gasteiger partial charge in [-0.3, -0.25) is 14.1 Å². The molecule has 0 aliphatic heterocycles.